The Balaban J connectivity index is 0.911. The third-order valence-electron chi connectivity index (χ3n) is 26.5. The molecule has 710 valence electrons. The van der Waals surface area contributed by atoms with Crippen LogP contribution in [0.25, 0.3) is 0 Å². The molecule has 0 N–H and O–H groups in total. The Labute approximate surface area is 864 Å². The first kappa shape index (κ1) is 98.5. The fourth-order valence-electron chi connectivity index (χ4n) is 19.4. The van der Waals surface area contributed by atoms with Gasteiger partial charge in [-0.3, -0.25) is 0 Å². The molecule has 145 heavy (non-hydrogen) atoms. The van der Waals surface area contributed by atoms with E-state index in [1.165, 1.54) is 0 Å². The van der Waals surface area contributed by atoms with Crippen molar-refractivity contribution in [3.63, 3.8) is 0 Å². The molecule has 0 aliphatic rings. The Kier molecular flexibility index (Phi) is 30.4. The molecular formula is C124H110O10Si11. The van der Waals surface area contributed by atoms with E-state index >= 15 is 0 Å². The molecule has 10 nitrogen and oxygen atoms in total. The van der Waals surface area contributed by atoms with Gasteiger partial charge >= 0.3 is 77.0 Å². The van der Waals surface area contributed by atoms with Crippen LogP contribution in [0.4, 0.5) is 0 Å². The molecule has 0 atom stereocenters. The predicted molar refractivity (Wildman–Crippen MR) is 619 cm³/mol. The molecule has 0 fully saturated rings. The molecule has 0 saturated carbocycles. The molecular weight excluding hydrogens is 1960 g/mol. The van der Waals surface area contributed by atoms with Gasteiger partial charge in [0.05, 0.1) is 0 Å². The van der Waals surface area contributed by atoms with Crippen LogP contribution in [0, 0.1) is 0 Å². The SMILES string of the molecule is C=C[Si](C)(C)O[Si](O[Si](O[Si](O[Si](O[Si](O[Si](O[Si](O[Si](O[Si](O[SiH](c1ccccc1)c1ccccc1)(c1ccccc1)c1ccccc1)(c1ccccc1)c1ccccc1)(c1ccccc1)c1ccccc1)(c1ccccc1)c1ccccc1)(c1ccccc1)c1ccccc1)(c1ccccc1)c1ccccc1)(c1ccccc1)c1ccccc1)(c1ccccc1)c1ccccc1)(c1ccccc1)c1ccccc1. The minimum absolute atomic E-state index is 0.740. The fourth-order valence-corrected chi connectivity index (χ4v) is 76.1. The smallest absolute Gasteiger partial charge is 0.390 e. The second-order valence-corrected chi connectivity index (χ2v) is 71.7. The maximum Gasteiger partial charge on any atom is 0.390 e. The van der Waals surface area contributed by atoms with Gasteiger partial charge in [-0.05, 0) is 117 Å². The Bertz CT molecular complexity index is 6870. The van der Waals surface area contributed by atoms with Crippen LogP contribution in [0.15, 0.2) is 619 Å². The van der Waals surface area contributed by atoms with Crippen LogP contribution < -0.4 is 104 Å². The van der Waals surface area contributed by atoms with E-state index in [2.05, 4.69) is 626 Å². The summed E-state index contributed by atoms with van der Waals surface area (Å²) in [5.74, 6) is 0. The first-order valence-electron chi connectivity index (χ1n) is 49.1. The van der Waals surface area contributed by atoms with Crippen LogP contribution in [-0.2, 0) is 41.2 Å². The lowest BCUT2D eigenvalue weighted by atomic mass is 10.4. The lowest BCUT2D eigenvalue weighted by Gasteiger charge is -2.52. The quantitative estimate of drug-likeness (QED) is 0.0345. The molecule has 0 bridgehead atoms. The summed E-state index contributed by atoms with van der Waals surface area (Å²) in [5.41, 5.74) is 2.01. The van der Waals surface area contributed by atoms with Crippen LogP contribution >= 0.6 is 0 Å². The van der Waals surface area contributed by atoms with Gasteiger partial charge in [0, 0.05) is 0 Å². The van der Waals surface area contributed by atoms with Gasteiger partial charge in [0.15, 0.2) is 0 Å². The van der Waals surface area contributed by atoms with E-state index < -0.39 is 94.4 Å². The molecule has 0 radical (unpaired) electrons. The highest BCUT2D eigenvalue weighted by Crippen LogP contribution is 2.36. The minimum Gasteiger partial charge on any atom is -0.426 e. The first-order valence-corrected chi connectivity index (χ1v) is 70.1. The Morgan fingerprint density at radius 3 is 0.352 bits per heavy atom. The lowest BCUT2D eigenvalue weighted by molar-refractivity contribution is 0.284. The first-order chi connectivity index (χ1) is 71.4. The molecule has 21 heteroatoms. The molecule has 0 unspecified atom stereocenters. The van der Waals surface area contributed by atoms with E-state index in [1.807, 2.05) is 5.70 Å². The van der Waals surface area contributed by atoms with E-state index in [1.54, 1.807) is 0 Å². The van der Waals surface area contributed by atoms with E-state index in [9.17, 15) is 32.9 Å². The third-order valence-corrected chi connectivity index (χ3v) is 73.0. The highest BCUT2D eigenvalue weighted by Gasteiger charge is 2.70. The van der Waals surface area contributed by atoms with Gasteiger partial charge in [-0.25, -0.2) is 0 Å². The molecule has 0 saturated heterocycles. The van der Waals surface area contributed by atoms with Crippen LogP contribution in [0.2, 0.25) is 13.1 Å². The van der Waals surface area contributed by atoms with Crippen LogP contribution in [0.1, 0.15) is 0 Å². The van der Waals surface area contributed by atoms with Crippen LogP contribution in [-0.4, -0.2) is 94.4 Å². The predicted octanol–water partition coefficient (Wildman–Crippen LogP) is 13.9. The number of hydrogen-bond donors (Lipinski definition) is 0. The normalized spacial score (nSPS) is 12.4. The largest absolute Gasteiger partial charge is 0.426 e. The standard InChI is InChI=1S/C124H110O10Si11/c1-4-136(2,3)126-138(109-73-33-9-34-74-109,110-75-35-10-36-76-110)128-140(113-81-41-13-42-82-113,114-83-43-14-44-84-114)130-142(117-89-49-17-50-90-117,118-91-51-18-52-92-118)132-144(121-97-57-21-58-98-121,122-99-59-22-60-100-122)134-145(123-101-61-23-62-102-123,124-103-63-24-64-104-124)133-143(119-93-53-19-54-94-119,120-95-55-20-56-96-120)131-141(115-85-45-15-46-86-115,116-87-47-16-48-88-116)129-139(111-77-37-11-38-78-111,112-79-39-12-40-80-112)127-137(107-69-29-7-30-70-107,108-71-31-8-32-72-108)125-135(105-65-25-5-26-66-105)106-67-27-6-28-68-106/h4-104,135H,1H2,2-3H3. The van der Waals surface area contributed by atoms with Crippen LogP contribution in [0.3, 0.4) is 0 Å². The van der Waals surface area contributed by atoms with Gasteiger partial charge in [0.2, 0.25) is 17.4 Å². The van der Waals surface area contributed by atoms with Crippen molar-refractivity contribution in [1.82, 2.24) is 0 Å². The zero-order valence-electron chi connectivity index (χ0n) is 80.7. The molecule has 20 aromatic rings. The maximum atomic E-state index is 9.92. The Morgan fingerprint density at radius 1 is 0.138 bits per heavy atom. The summed E-state index contributed by atoms with van der Waals surface area (Å²) in [7, 11) is -49.7. The van der Waals surface area contributed by atoms with Gasteiger partial charge in [0.1, 0.15) is 0 Å². The summed E-state index contributed by atoms with van der Waals surface area (Å²) in [6.45, 7) is 8.95. The van der Waals surface area contributed by atoms with Gasteiger partial charge in [-0.1, -0.05) is 612 Å². The molecule has 20 rings (SSSR count). The van der Waals surface area contributed by atoms with Gasteiger partial charge in [0.25, 0.3) is 0 Å². The molecule has 0 aromatic heterocycles. The summed E-state index contributed by atoms with van der Waals surface area (Å²) in [6, 6.07) is 213. The summed E-state index contributed by atoms with van der Waals surface area (Å²) in [4.78, 5) is 0. The third kappa shape index (κ3) is 20.3. The highest BCUT2D eigenvalue weighted by atomic mass is 28.5. The van der Waals surface area contributed by atoms with Gasteiger partial charge in [-0.15, -0.1) is 6.58 Å². The van der Waals surface area contributed by atoms with Crippen molar-refractivity contribution in [3.05, 3.63) is 619 Å². The average molecular weight is 2070 g/mol. The van der Waals surface area contributed by atoms with Crippen molar-refractivity contribution < 1.29 is 41.2 Å². The molecule has 0 aliphatic heterocycles. The molecule has 0 spiro atoms. The lowest BCUT2D eigenvalue weighted by Crippen LogP contribution is -2.87. The fraction of sp³-hybridized carbons (Fsp3) is 0.0161. The summed E-state index contributed by atoms with van der Waals surface area (Å²) in [5, 5.41) is 16.4. The molecule has 0 amide bonds. The van der Waals surface area contributed by atoms with Crippen molar-refractivity contribution in [1.29, 1.82) is 0 Å². The second-order valence-electron chi connectivity index (χ2n) is 36.2. The van der Waals surface area contributed by atoms with Crippen molar-refractivity contribution in [2.75, 3.05) is 0 Å². The summed E-state index contributed by atoms with van der Waals surface area (Å²) >= 11 is 0. The van der Waals surface area contributed by atoms with E-state index in [4.69, 9.17) is 8.23 Å². The molecule has 20 aromatic carbocycles. The summed E-state index contributed by atoms with van der Waals surface area (Å²) < 4.78 is 94.5. The van der Waals surface area contributed by atoms with E-state index in [-0.39, 0.29) is 0 Å². The average Bonchev–Trinajstić information content (AvgIpc) is 0.700. The molecule has 0 heterocycles. The Hall–Kier alpha value is -13.9. The van der Waals surface area contributed by atoms with E-state index in [0.29, 0.717) is 0 Å². The van der Waals surface area contributed by atoms with Crippen molar-refractivity contribution >= 4 is 198 Å². The highest BCUT2D eigenvalue weighted by molar-refractivity contribution is 7.18. The van der Waals surface area contributed by atoms with E-state index in [0.717, 1.165) is 104 Å². The topological polar surface area (TPSA) is 92.3 Å². The molecule has 0 aliphatic carbocycles. The minimum atomic E-state index is -5.15. The summed E-state index contributed by atoms with van der Waals surface area (Å²) in [6.07, 6.45) is 0. The van der Waals surface area contributed by atoms with Crippen molar-refractivity contribution in [3.8, 4) is 0 Å². The van der Waals surface area contributed by atoms with Crippen LogP contribution in [0.5, 0.6) is 0 Å². The van der Waals surface area contributed by atoms with Crippen molar-refractivity contribution in [2.24, 2.45) is 0 Å². The second kappa shape index (κ2) is 44.8. The number of hydrogen-bond acceptors (Lipinski definition) is 10. The zero-order valence-corrected chi connectivity index (χ0v) is 91.8. The monoisotopic (exact) mass is 2070 g/mol. The zero-order chi connectivity index (χ0) is 98.6. The number of rotatable bonds is 41. The Morgan fingerprint density at radius 2 is 0.234 bits per heavy atom. The van der Waals surface area contributed by atoms with Gasteiger partial charge < -0.3 is 41.2 Å². The van der Waals surface area contributed by atoms with Gasteiger partial charge in [-0.2, -0.15) is 0 Å². The maximum absolute atomic E-state index is 9.92. The van der Waals surface area contributed by atoms with Crippen molar-refractivity contribution in [2.45, 2.75) is 13.1 Å². The number of benzene rings is 20.